The Morgan fingerprint density at radius 2 is 2.21 bits per heavy atom. The van der Waals surface area contributed by atoms with Gasteiger partial charge in [-0.2, -0.15) is 0 Å². The predicted octanol–water partition coefficient (Wildman–Crippen LogP) is 2.06. The summed E-state index contributed by atoms with van der Waals surface area (Å²) in [6, 6.07) is 0.376. The summed E-state index contributed by atoms with van der Waals surface area (Å²) in [5.41, 5.74) is 5.98. The van der Waals surface area contributed by atoms with Crippen LogP contribution in [0.15, 0.2) is 4.34 Å². The second-order valence-electron chi connectivity index (χ2n) is 3.84. The fourth-order valence-electron chi connectivity index (χ4n) is 1.78. The SMILES string of the molecule is Cc1nnc(SC2CCC(N)C2C)s1. The Morgan fingerprint density at radius 1 is 1.43 bits per heavy atom. The molecule has 0 bridgehead atoms. The Bertz CT molecular complexity index is 313. The lowest BCUT2D eigenvalue weighted by molar-refractivity contribution is 0.535. The van der Waals surface area contributed by atoms with E-state index in [4.69, 9.17) is 5.73 Å². The fraction of sp³-hybridized carbons (Fsp3) is 0.778. The molecular weight excluding hydrogens is 214 g/mol. The lowest BCUT2D eigenvalue weighted by Crippen LogP contribution is -2.25. The first kappa shape index (κ1) is 10.4. The molecular formula is C9H15N3S2. The van der Waals surface area contributed by atoms with Gasteiger partial charge in [0.1, 0.15) is 5.01 Å². The summed E-state index contributed by atoms with van der Waals surface area (Å²) in [6.45, 7) is 4.23. The van der Waals surface area contributed by atoms with Crippen molar-refractivity contribution in [2.75, 3.05) is 0 Å². The molecule has 0 spiro atoms. The summed E-state index contributed by atoms with van der Waals surface area (Å²) < 4.78 is 1.09. The smallest absolute Gasteiger partial charge is 0.174 e. The van der Waals surface area contributed by atoms with E-state index < -0.39 is 0 Å². The number of nitrogens with zero attached hydrogens (tertiary/aromatic N) is 2. The second-order valence-corrected chi connectivity index (χ2v) is 6.51. The summed E-state index contributed by atoms with van der Waals surface area (Å²) in [7, 11) is 0. The monoisotopic (exact) mass is 229 g/mol. The van der Waals surface area contributed by atoms with Gasteiger partial charge in [-0.15, -0.1) is 10.2 Å². The van der Waals surface area contributed by atoms with Crippen molar-refractivity contribution in [2.45, 2.75) is 42.3 Å². The van der Waals surface area contributed by atoms with Crippen LogP contribution >= 0.6 is 23.1 Å². The minimum Gasteiger partial charge on any atom is -0.327 e. The zero-order valence-electron chi connectivity index (χ0n) is 8.43. The first-order valence-corrected chi connectivity index (χ1v) is 6.59. The Labute approximate surface area is 92.5 Å². The van der Waals surface area contributed by atoms with Crippen molar-refractivity contribution in [1.82, 2.24) is 10.2 Å². The molecule has 1 fully saturated rings. The van der Waals surface area contributed by atoms with Crippen molar-refractivity contribution >= 4 is 23.1 Å². The van der Waals surface area contributed by atoms with E-state index in [2.05, 4.69) is 17.1 Å². The predicted molar refractivity (Wildman–Crippen MR) is 60.7 cm³/mol. The van der Waals surface area contributed by atoms with E-state index in [-0.39, 0.29) is 0 Å². The van der Waals surface area contributed by atoms with Crippen molar-refractivity contribution in [3.63, 3.8) is 0 Å². The maximum atomic E-state index is 5.98. The largest absolute Gasteiger partial charge is 0.327 e. The standard InChI is InChI=1S/C9H15N3S2/c1-5-7(10)3-4-8(5)14-9-12-11-6(2)13-9/h5,7-8H,3-4,10H2,1-2H3. The van der Waals surface area contributed by atoms with Gasteiger partial charge in [-0.3, -0.25) is 0 Å². The van der Waals surface area contributed by atoms with E-state index in [1.807, 2.05) is 18.7 Å². The number of rotatable bonds is 2. The van der Waals surface area contributed by atoms with Crippen LogP contribution in [0.25, 0.3) is 0 Å². The summed E-state index contributed by atoms with van der Waals surface area (Å²) in [6.07, 6.45) is 2.36. The Hall–Kier alpha value is -0.130. The quantitative estimate of drug-likeness (QED) is 0.843. The van der Waals surface area contributed by atoms with Gasteiger partial charge in [0.15, 0.2) is 4.34 Å². The zero-order chi connectivity index (χ0) is 10.1. The van der Waals surface area contributed by atoms with Crippen LogP contribution in [0.5, 0.6) is 0 Å². The van der Waals surface area contributed by atoms with Gasteiger partial charge in [-0.25, -0.2) is 0 Å². The third kappa shape index (κ3) is 2.10. The average molecular weight is 229 g/mol. The topological polar surface area (TPSA) is 51.8 Å². The number of aryl methyl sites for hydroxylation is 1. The van der Waals surface area contributed by atoms with Crippen molar-refractivity contribution in [3.8, 4) is 0 Å². The molecule has 1 saturated carbocycles. The molecule has 0 aromatic carbocycles. The minimum absolute atomic E-state index is 0.376. The van der Waals surface area contributed by atoms with Crippen LogP contribution < -0.4 is 5.73 Å². The third-order valence-electron chi connectivity index (χ3n) is 2.81. The highest BCUT2D eigenvalue weighted by atomic mass is 32.2. The second kappa shape index (κ2) is 4.16. The molecule has 1 aliphatic carbocycles. The molecule has 1 heterocycles. The van der Waals surface area contributed by atoms with Crippen LogP contribution in [0.2, 0.25) is 0 Å². The fourth-order valence-corrected chi connectivity index (χ4v) is 4.14. The molecule has 14 heavy (non-hydrogen) atoms. The molecule has 78 valence electrons. The highest BCUT2D eigenvalue weighted by Gasteiger charge is 2.31. The summed E-state index contributed by atoms with van der Waals surface area (Å²) in [5.74, 6) is 0.601. The van der Waals surface area contributed by atoms with Crippen LogP contribution in [0.3, 0.4) is 0 Å². The Balaban J connectivity index is 1.98. The summed E-state index contributed by atoms with van der Waals surface area (Å²) in [4.78, 5) is 0. The lowest BCUT2D eigenvalue weighted by atomic mass is 10.1. The number of thioether (sulfide) groups is 1. The number of nitrogens with two attached hydrogens (primary N) is 1. The van der Waals surface area contributed by atoms with Gasteiger partial charge in [0.2, 0.25) is 0 Å². The molecule has 3 nitrogen and oxygen atoms in total. The van der Waals surface area contributed by atoms with E-state index in [0.717, 1.165) is 15.8 Å². The molecule has 0 amide bonds. The highest BCUT2D eigenvalue weighted by molar-refractivity contribution is 8.01. The van der Waals surface area contributed by atoms with Gasteiger partial charge in [-0.1, -0.05) is 30.0 Å². The normalized spacial score (nSPS) is 32.4. The van der Waals surface area contributed by atoms with E-state index in [0.29, 0.717) is 17.2 Å². The van der Waals surface area contributed by atoms with Crippen molar-refractivity contribution in [1.29, 1.82) is 0 Å². The molecule has 0 radical (unpaired) electrons. The Kier molecular flexibility index (Phi) is 3.09. The molecule has 1 aromatic heterocycles. The summed E-state index contributed by atoms with van der Waals surface area (Å²) in [5, 5.41) is 9.83. The first-order valence-electron chi connectivity index (χ1n) is 4.89. The molecule has 2 N–H and O–H groups in total. The Morgan fingerprint density at radius 3 is 2.71 bits per heavy atom. The molecule has 3 unspecified atom stereocenters. The maximum absolute atomic E-state index is 5.98. The average Bonchev–Trinajstić information content (AvgIpc) is 2.67. The lowest BCUT2D eigenvalue weighted by Gasteiger charge is -2.15. The minimum atomic E-state index is 0.376. The first-order chi connectivity index (χ1) is 6.66. The highest BCUT2D eigenvalue weighted by Crippen LogP contribution is 2.38. The van der Waals surface area contributed by atoms with E-state index >= 15 is 0 Å². The van der Waals surface area contributed by atoms with Crippen LogP contribution in [0.1, 0.15) is 24.8 Å². The van der Waals surface area contributed by atoms with Crippen LogP contribution in [0.4, 0.5) is 0 Å². The van der Waals surface area contributed by atoms with Gasteiger partial charge in [0.25, 0.3) is 0 Å². The third-order valence-corrected chi connectivity index (χ3v) is 5.23. The number of aromatic nitrogens is 2. The molecule has 1 aliphatic rings. The van der Waals surface area contributed by atoms with Gasteiger partial charge < -0.3 is 5.73 Å². The van der Waals surface area contributed by atoms with Crippen LogP contribution in [-0.2, 0) is 0 Å². The van der Waals surface area contributed by atoms with Gasteiger partial charge in [0, 0.05) is 11.3 Å². The van der Waals surface area contributed by atoms with Gasteiger partial charge in [-0.05, 0) is 25.7 Å². The van der Waals surface area contributed by atoms with Crippen molar-refractivity contribution in [2.24, 2.45) is 11.7 Å². The molecule has 2 rings (SSSR count). The molecule has 1 aromatic rings. The van der Waals surface area contributed by atoms with E-state index in [1.165, 1.54) is 6.42 Å². The molecule has 0 aliphatic heterocycles. The van der Waals surface area contributed by atoms with Crippen LogP contribution in [-0.4, -0.2) is 21.5 Å². The van der Waals surface area contributed by atoms with Crippen molar-refractivity contribution in [3.05, 3.63) is 5.01 Å². The van der Waals surface area contributed by atoms with Gasteiger partial charge in [0.05, 0.1) is 0 Å². The summed E-state index contributed by atoms with van der Waals surface area (Å²) >= 11 is 3.53. The molecule has 5 heteroatoms. The van der Waals surface area contributed by atoms with Crippen LogP contribution in [0, 0.1) is 12.8 Å². The number of hydrogen-bond donors (Lipinski definition) is 1. The maximum Gasteiger partial charge on any atom is 0.174 e. The number of hydrogen-bond acceptors (Lipinski definition) is 5. The van der Waals surface area contributed by atoms with Crippen molar-refractivity contribution < 1.29 is 0 Å². The molecule has 0 saturated heterocycles. The van der Waals surface area contributed by atoms with E-state index in [9.17, 15) is 0 Å². The molecule has 3 atom stereocenters. The van der Waals surface area contributed by atoms with Gasteiger partial charge >= 0.3 is 0 Å². The zero-order valence-corrected chi connectivity index (χ0v) is 10.1. The van der Waals surface area contributed by atoms with E-state index in [1.54, 1.807) is 11.3 Å².